The minimum absolute atomic E-state index is 0.300. The maximum absolute atomic E-state index is 13.0. The van der Waals surface area contributed by atoms with Crippen molar-refractivity contribution in [3.05, 3.63) is 34.6 Å². The van der Waals surface area contributed by atoms with Crippen LogP contribution in [0.2, 0.25) is 5.02 Å². The van der Waals surface area contributed by atoms with Gasteiger partial charge in [0.25, 0.3) is 0 Å². The highest BCUT2D eigenvalue weighted by Crippen LogP contribution is 2.37. The Bertz CT molecular complexity index is 370. The van der Waals surface area contributed by atoms with E-state index in [4.69, 9.17) is 17.3 Å². The quantitative estimate of drug-likeness (QED) is 0.740. The fourth-order valence-electron chi connectivity index (χ4n) is 2.52. The van der Waals surface area contributed by atoms with E-state index in [9.17, 15) is 4.39 Å². The molecular formula is C13H17ClFN. The molecule has 2 rings (SSSR count). The predicted molar refractivity (Wildman–Crippen MR) is 65.0 cm³/mol. The van der Waals surface area contributed by atoms with Gasteiger partial charge in [-0.3, -0.25) is 0 Å². The molecule has 0 aliphatic heterocycles. The summed E-state index contributed by atoms with van der Waals surface area (Å²) < 4.78 is 13.0. The second-order valence-corrected chi connectivity index (χ2v) is 5.10. The molecule has 1 aliphatic rings. The average Bonchev–Trinajstić information content (AvgIpc) is 2.43. The highest BCUT2D eigenvalue weighted by atomic mass is 35.5. The van der Waals surface area contributed by atoms with Gasteiger partial charge in [0, 0.05) is 10.6 Å². The first-order chi connectivity index (χ1) is 7.62. The molecule has 1 aromatic rings. The molecule has 0 aromatic heterocycles. The molecule has 0 atom stereocenters. The van der Waals surface area contributed by atoms with Crippen LogP contribution in [-0.2, 0) is 5.54 Å². The molecule has 0 amide bonds. The van der Waals surface area contributed by atoms with E-state index in [0.29, 0.717) is 5.02 Å². The molecule has 0 radical (unpaired) electrons. The lowest BCUT2D eigenvalue weighted by atomic mass is 9.84. The van der Waals surface area contributed by atoms with E-state index in [0.717, 1.165) is 31.2 Å². The zero-order chi connectivity index (χ0) is 11.6. The minimum atomic E-state index is -0.360. The third-order valence-corrected chi connectivity index (χ3v) is 3.78. The molecule has 16 heavy (non-hydrogen) atoms. The molecular weight excluding hydrogens is 225 g/mol. The average molecular weight is 242 g/mol. The van der Waals surface area contributed by atoms with Gasteiger partial charge in [-0.1, -0.05) is 43.4 Å². The maximum atomic E-state index is 13.0. The van der Waals surface area contributed by atoms with Crippen molar-refractivity contribution in [2.24, 2.45) is 5.73 Å². The first-order valence-electron chi connectivity index (χ1n) is 5.86. The van der Waals surface area contributed by atoms with Crippen LogP contribution in [-0.4, -0.2) is 0 Å². The SMILES string of the molecule is NC1(c2ccc(F)cc2Cl)CCCCCC1. The molecule has 1 fully saturated rings. The number of rotatable bonds is 1. The summed E-state index contributed by atoms with van der Waals surface area (Å²) in [5.41, 5.74) is 6.96. The van der Waals surface area contributed by atoms with Gasteiger partial charge < -0.3 is 5.73 Å². The second-order valence-electron chi connectivity index (χ2n) is 4.69. The molecule has 1 aromatic carbocycles. The van der Waals surface area contributed by atoms with Crippen LogP contribution >= 0.6 is 11.6 Å². The fourth-order valence-corrected chi connectivity index (χ4v) is 2.88. The number of benzene rings is 1. The van der Waals surface area contributed by atoms with Crippen LogP contribution in [0.15, 0.2) is 18.2 Å². The molecule has 88 valence electrons. The second kappa shape index (κ2) is 4.72. The smallest absolute Gasteiger partial charge is 0.124 e. The molecule has 0 saturated heterocycles. The van der Waals surface area contributed by atoms with Crippen LogP contribution in [0.4, 0.5) is 4.39 Å². The summed E-state index contributed by atoms with van der Waals surface area (Å²) in [5, 5.41) is 0.462. The summed E-state index contributed by atoms with van der Waals surface area (Å²) in [5.74, 6) is -0.300. The van der Waals surface area contributed by atoms with Gasteiger partial charge >= 0.3 is 0 Å². The van der Waals surface area contributed by atoms with Gasteiger partial charge in [-0.05, 0) is 30.5 Å². The van der Waals surface area contributed by atoms with E-state index in [1.807, 2.05) is 0 Å². The summed E-state index contributed by atoms with van der Waals surface area (Å²) in [6.07, 6.45) is 6.61. The number of halogens is 2. The lowest BCUT2D eigenvalue weighted by Gasteiger charge is -2.29. The Morgan fingerprint density at radius 1 is 1.12 bits per heavy atom. The standard InChI is InChI=1S/C13H17ClFN/c14-12-9-10(15)5-6-11(12)13(16)7-3-1-2-4-8-13/h5-6,9H,1-4,7-8,16H2. The van der Waals surface area contributed by atoms with E-state index in [1.165, 1.54) is 25.0 Å². The van der Waals surface area contributed by atoms with Crippen LogP contribution in [0.3, 0.4) is 0 Å². The van der Waals surface area contributed by atoms with Crippen molar-refractivity contribution in [3.8, 4) is 0 Å². The van der Waals surface area contributed by atoms with Gasteiger partial charge in [0.05, 0.1) is 0 Å². The normalized spacial score (nSPS) is 20.4. The van der Waals surface area contributed by atoms with Crippen LogP contribution in [0.1, 0.15) is 44.1 Å². The summed E-state index contributed by atoms with van der Waals surface area (Å²) >= 11 is 6.09. The van der Waals surface area contributed by atoms with Crippen molar-refractivity contribution >= 4 is 11.6 Å². The number of hydrogen-bond acceptors (Lipinski definition) is 1. The van der Waals surface area contributed by atoms with E-state index in [1.54, 1.807) is 6.07 Å². The van der Waals surface area contributed by atoms with E-state index in [-0.39, 0.29) is 11.4 Å². The highest BCUT2D eigenvalue weighted by molar-refractivity contribution is 6.31. The maximum Gasteiger partial charge on any atom is 0.124 e. The Morgan fingerprint density at radius 2 is 1.75 bits per heavy atom. The predicted octanol–water partition coefficient (Wildman–Crippen LogP) is 3.99. The van der Waals surface area contributed by atoms with E-state index in [2.05, 4.69) is 0 Å². The van der Waals surface area contributed by atoms with Crippen molar-refractivity contribution in [2.45, 2.75) is 44.1 Å². The molecule has 1 aliphatic carbocycles. The van der Waals surface area contributed by atoms with Crippen molar-refractivity contribution in [2.75, 3.05) is 0 Å². The Balaban J connectivity index is 2.33. The van der Waals surface area contributed by atoms with Gasteiger partial charge in [0.1, 0.15) is 5.82 Å². The highest BCUT2D eigenvalue weighted by Gasteiger charge is 2.30. The van der Waals surface area contributed by atoms with Gasteiger partial charge in [-0.2, -0.15) is 0 Å². The van der Waals surface area contributed by atoms with Crippen molar-refractivity contribution in [1.29, 1.82) is 0 Å². The largest absolute Gasteiger partial charge is 0.321 e. The molecule has 3 heteroatoms. The Morgan fingerprint density at radius 3 is 2.31 bits per heavy atom. The number of nitrogens with two attached hydrogens (primary N) is 1. The Hall–Kier alpha value is -0.600. The lowest BCUT2D eigenvalue weighted by Crippen LogP contribution is -2.36. The molecule has 0 heterocycles. The summed E-state index contributed by atoms with van der Waals surface area (Å²) in [7, 11) is 0. The summed E-state index contributed by atoms with van der Waals surface area (Å²) in [6.45, 7) is 0. The van der Waals surface area contributed by atoms with Crippen molar-refractivity contribution < 1.29 is 4.39 Å². The Kier molecular flexibility index (Phi) is 3.50. The third-order valence-electron chi connectivity index (χ3n) is 3.46. The van der Waals surface area contributed by atoms with Crippen molar-refractivity contribution in [1.82, 2.24) is 0 Å². The Labute approximate surface area is 101 Å². The first-order valence-corrected chi connectivity index (χ1v) is 6.24. The van der Waals surface area contributed by atoms with Gasteiger partial charge in [-0.25, -0.2) is 4.39 Å². The van der Waals surface area contributed by atoms with Gasteiger partial charge in [0.2, 0.25) is 0 Å². The summed E-state index contributed by atoms with van der Waals surface area (Å²) in [6, 6.07) is 4.54. The fraction of sp³-hybridized carbons (Fsp3) is 0.538. The zero-order valence-electron chi connectivity index (χ0n) is 9.31. The van der Waals surface area contributed by atoms with Crippen LogP contribution in [0, 0.1) is 5.82 Å². The molecule has 2 N–H and O–H groups in total. The topological polar surface area (TPSA) is 26.0 Å². The molecule has 0 spiro atoms. The minimum Gasteiger partial charge on any atom is -0.321 e. The van der Waals surface area contributed by atoms with Crippen LogP contribution < -0.4 is 5.73 Å². The van der Waals surface area contributed by atoms with Crippen molar-refractivity contribution in [3.63, 3.8) is 0 Å². The third kappa shape index (κ3) is 2.38. The lowest BCUT2D eigenvalue weighted by molar-refractivity contribution is 0.385. The molecule has 1 nitrogen and oxygen atoms in total. The molecule has 0 bridgehead atoms. The van der Waals surface area contributed by atoms with E-state index < -0.39 is 0 Å². The number of hydrogen-bond donors (Lipinski definition) is 1. The molecule has 0 unspecified atom stereocenters. The monoisotopic (exact) mass is 241 g/mol. The summed E-state index contributed by atoms with van der Waals surface area (Å²) in [4.78, 5) is 0. The first kappa shape index (κ1) is 11.9. The van der Waals surface area contributed by atoms with Crippen LogP contribution in [0.25, 0.3) is 0 Å². The van der Waals surface area contributed by atoms with Gasteiger partial charge in [0.15, 0.2) is 0 Å². The molecule has 1 saturated carbocycles. The van der Waals surface area contributed by atoms with Crippen LogP contribution in [0.5, 0.6) is 0 Å². The van der Waals surface area contributed by atoms with Gasteiger partial charge in [-0.15, -0.1) is 0 Å². The van der Waals surface area contributed by atoms with E-state index >= 15 is 0 Å². The zero-order valence-corrected chi connectivity index (χ0v) is 10.1.